The molecule has 0 aliphatic heterocycles. The number of aromatic nitrogens is 2. The molecule has 1 heterocycles. The van der Waals surface area contributed by atoms with Crippen molar-refractivity contribution in [3.05, 3.63) is 53.0 Å². The molecule has 24 heavy (non-hydrogen) atoms. The molecule has 1 aromatic carbocycles. The predicted molar refractivity (Wildman–Crippen MR) is 95.0 cm³/mol. The van der Waals surface area contributed by atoms with Crippen molar-refractivity contribution in [2.24, 2.45) is 0 Å². The largest absolute Gasteiger partial charge is 0.367 e. The molecule has 0 bridgehead atoms. The lowest BCUT2D eigenvalue weighted by Gasteiger charge is -2.14. The lowest BCUT2D eigenvalue weighted by molar-refractivity contribution is 0.0945. The molecule has 0 spiro atoms. The molecule has 126 valence electrons. The standard InChI is InChI=1S/C19H24N4O/c1-13-7-9-15(10-8-13)12-20-19(24)17-11-18(22-14(2)21-17)23-16-5-3-4-6-16/h7-11,16H,3-6,12H2,1-2H3,(H,20,24)(H,21,22,23). The molecule has 2 N–H and O–H groups in total. The third-order valence-electron chi connectivity index (χ3n) is 4.35. The molecule has 0 radical (unpaired) electrons. The highest BCUT2D eigenvalue weighted by atomic mass is 16.1. The van der Waals surface area contributed by atoms with Crippen LogP contribution in [-0.2, 0) is 6.54 Å². The fraction of sp³-hybridized carbons (Fsp3) is 0.421. The van der Waals surface area contributed by atoms with Gasteiger partial charge in [0, 0.05) is 18.7 Å². The monoisotopic (exact) mass is 324 g/mol. The summed E-state index contributed by atoms with van der Waals surface area (Å²) >= 11 is 0. The van der Waals surface area contributed by atoms with Crippen LogP contribution in [0.15, 0.2) is 30.3 Å². The predicted octanol–water partition coefficient (Wildman–Crippen LogP) is 3.38. The van der Waals surface area contributed by atoms with Crippen LogP contribution in [0, 0.1) is 13.8 Å². The first-order chi connectivity index (χ1) is 11.6. The van der Waals surface area contributed by atoms with Gasteiger partial charge in [0.2, 0.25) is 0 Å². The summed E-state index contributed by atoms with van der Waals surface area (Å²) in [5, 5.41) is 6.35. The molecular formula is C19H24N4O. The average molecular weight is 324 g/mol. The van der Waals surface area contributed by atoms with Crippen LogP contribution in [0.2, 0.25) is 0 Å². The van der Waals surface area contributed by atoms with E-state index < -0.39 is 0 Å². The Morgan fingerprint density at radius 1 is 1.12 bits per heavy atom. The van der Waals surface area contributed by atoms with E-state index in [2.05, 4.69) is 20.6 Å². The van der Waals surface area contributed by atoms with Gasteiger partial charge in [-0.3, -0.25) is 4.79 Å². The lowest BCUT2D eigenvalue weighted by Crippen LogP contribution is -2.25. The molecule has 0 unspecified atom stereocenters. The Hall–Kier alpha value is -2.43. The van der Waals surface area contributed by atoms with E-state index in [1.165, 1.54) is 18.4 Å². The van der Waals surface area contributed by atoms with Crippen molar-refractivity contribution in [2.45, 2.75) is 52.1 Å². The zero-order chi connectivity index (χ0) is 16.9. The molecule has 2 aromatic rings. The van der Waals surface area contributed by atoms with Gasteiger partial charge in [-0.05, 0) is 32.3 Å². The molecule has 0 saturated heterocycles. The number of hydrogen-bond acceptors (Lipinski definition) is 4. The number of nitrogens with one attached hydrogen (secondary N) is 2. The Labute approximate surface area is 142 Å². The average Bonchev–Trinajstić information content (AvgIpc) is 3.06. The zero-order valence-electron chi connectivity index (χ0n) is 14.3. The van der Waals surface area contributed by atoms with Gasteiger partial charge in [-0.1, -0.05) is 42.7 Å². The minimum atomic E-state index is -0.171. The first-order valence-electron chi connectivity index (χ1n) is 8.56. The summed E-state index contributed by atoms with van der Waals surface area (Å²) in [5.41, 5.74) is 2.69. The Morgan fingerprint density at radius 3 is 2.54 bits per heavy atom. The maximum atomic E-state index is 12.4. The number of hydrogen-bond donors (Lipinski definition) is 2. The molecule has 3 rings (SSSR count). The number of amides is 1. The minimum Gasteiger partial charge on any atom is -0.367 e. The van der Waals surface area contributed by atoms with Gasteiger partial charge in [0.15, 0.2) is 0 Å². The normalized spacial score (nSPS) is 14.6. The molecular weight excluding hydrogens is 300 g/mol. The van der Waals surface area contributed by atoms with Gasteiger partial charge in [0.1, 0.15) is 17.3 Å². The highest BCUT2D eigenvalue weighted by Crippen LogP contribution is 2.21. The highest BCUT2D eigenvalue weighted by molar-refractivity contribution is 5.92. The molecule has 1 fully saturated rings. The Kier molecular flexibility index (Phi) is 5.08. The van der Waals surface area contributed by atoms with E-state index >= 15 is 0 Å². The number of nitrogens with zero attached hydrogens (tertiary/aromatic N) is 2. The molecule has 1 amide bonds. The zero-order valence-corrected chi connectivity index (χ0v) is 14.3. The number of benzene rings is 1. The van der Waals surface area contributed by atoms with Crippen molar-refractivity contribution >= 4 is 11.7 Å². The summed E-state index contributed by atoms with van der Waals surface area (Å²) < 4.78 is 0. The van der Waals surface area contributed by atoms with Crippen LogP contribution in [0.25, 0.3) is 0 Å². The molecule has 1 aromatic heterocycles. The summed E-state index contributed by atoms with van der Waals surface area (Å²) in [4.78, 5) is 21.1. The fourth-order valence-corrected chi connectivity index (χ4v) is 3.02. The Morgan fingerprint density at radius 2 is 1.83 bits per heavy atom. The minimum absolute atomic E-state index is 0.171. The fourth-order valence-electron chi connectivity index (χ4n) is 3.02. The van der Waals surface area contributed by atoms with Gasteiger partial charge in [-0.15, -0.1) is 0 Å². The van der Waals surface area contributed by atoms with Crippen LogP contribution in [0.4, 0.5) is 5.82 Å². The summed E-state index contributed by atoms with van der Waals surface area (Å²) in [6.07, 6.45) is 4.84. The van der Waals surface area contributed by atoms with Gasteiger partial charge < -0.3 is 10.6 Å². The number of aryl methyl sites for hydroxylation is 2. The van der Waals surface area contributed by atoms with E-state index in [0.29, 0.717) is 24.1 Å². The third-order valence-corrected chi connectivity index (χ3v) is 4.35. The van der Waals surface area contributed by atoms with Crippen molar-refractivity contribution in [3.8, 4) is 0 Å². The van der Waals surface area contributed by atoms with Gasteiger partial charge >= 0.3 is 0 Å². The van der Waals surface area contributed by atoms with Crippen molar-refractivity contribution in [1.29, 1.82) is 0 Å². The van der Waals surface area contributed by atoms with Crippen LogP contribution in [-0.4, -0.2) is 21.9 Å². The van der Waals surface area contributed by atoms with E-state index in [1.807, 2.05) is 38.1 Å². The number of carbonyl (C=O) groups is 1. The van der Waals surface area contributed by atoms with Gasteiger partial charge in [0.05, 0.1) is 0 Å². The molecule has 0 atom stereocenters. The number of rotatable bonds is 5. The first kappa shape index (κ1) is 16.4. The second-order valence-corrected chi connectivity index (χ2v) is 6.48. The summed E-state index contributed by atoms with van der Waals surface area (Å²) in [7, 11) is 0. The Balaban J connectivity index is 1.65. The topological polar surface area (TPSA) is 66.9 Å². The van der Waals surface area contributed by atoms with Crippen molar-refractivity contribution < 1.29 is 4.79 Å². The van der Waals surface area contributed by atoms with Gasteiger partial charge in [-0.25, -0.2) is 9.97 Å². The second-order valence-electron chi connectivity index (χ2n) is 6.48. The van der Waals surface area contributed by atoms with Gasteiger partial charge in [-0.2, -0.15) is 0 Å². The highest BCUT2D eigenvalue weighted by Gasteiger charge is 2.17. The first-order valence-corrected chi connectivity index (χ1v) is 8.56. The molecule has 5 nitrogen and oxygen atoms in total. The number of carbonyl (C=O) groups excluding carboxylic acids is 1. The van der Waals surface area contributed by atoms with E-state index in [1.54, 1.807) is 6.07 Å². The molecule has 1 aliphatic rings. The van der Waals surface area contributed by atoms with Crippen LogP contribution in [0.5, 0.6) is 0 Å². The van der Waals surface area contributed by atoms with Crippen LogP contribution < -0.4 is 10.6 Å². The lowest BCUT2D eigenvalue weighted by atomic mass is 10.1. The van der Waals surface area contributed by atoms with Crippen LogP contribution in [0.1, 0.15) is 53.1 Å². The Bertz CT molecular complexity index is 706. The van der Waals surface area contributed by atoms with E-state index in [4.69, 9.17) is 0 Å². The van der Waals surface area contributed by atoms with Crippen LogP contribution >= 0.6 is 0 Å². The SMILES string of the molecule is Cc1ccc(CNC(=O)c2cc(NC3CCCC3)nc(C)n2)cc1. The molecule has 5 heteroatoms. The van der Waals surface area contributed by atoms with E-state index in [0.717, 1.165) is 24.2 Å². The van der Waals surface area contributed by atoms with Gasteiger partial charge in [0.25, 0.3) is 5.91 Å². The number of anilines is 1. The molecule has 1 aliphatic carbocycles. The summed E-state index contributed by atoms with van der Waals surface area (Å²) in [6, 6.07) is 10.3. The smallest absolute Gasteiger partial charge is 0.270 e. The molecule has 1 saturated carbocycles. The maximum absolute atomic E-state index is 12.4. The van der Waals surface area contributed by atoms with Crippen LogP contribution in [0.3, 0.4) is 0 Å². The van der Waals surface area contributed by atoms with Crippen molar-refractivity contribution in [3.63, 3.8) is 0 Å². The maximum Gasteiger partial charge on any atom is 0.270 e. The third kappa shape index (κ3) is 4.31. The van der Waals surface area contributed by atoms with Crippen molar-refractivity contribution in [2.75, 3.05) is 5.32 Å². The summed E-state index contributed by atoms with van der Waals surface area (Å²) in [6.45, 7) is 4.36. The second kappa shape index (κ2) is 7.43. The van der Waals surface area contributed by atoms with E-state index in [9.17, 15) is 4.79 Å². The van der Waals surface area contributed by atoms with E-state index in [-0.39, 0.29) is 5.91 Å². The quantitative estimate of drug-likeness (QED) is 0.885. The summed E-state index contributed by atoms with van der Waals surface area (Å²) in [5.74, 6) is 1.18. The van der Waals surface area contributed by atoms with Crippen molar-refractivity contribution in [1.82, 2.24) is 15.3 Å².